The van der Waals surface area contributed by atoms with Gasteiger partial charge in [-0.05, 0) is 36.8 Å². The molecule has 7 nitrogen and oxygen atoms in total. The molecule has 0 radical (unpaired) electrons. The molecular weight excluding hydrogens is 471 g/mol. The number of alkyl halides is 3. The number of urea groups is 1. The summed E-state index contributed by atoms with van der Waals surface area (Å²) in [5.41, 5.74) is -0.0309. The van der Waals surface area contributed by atoms with Gasteiger partial charge in [0, 0.05) is 36.6 Å². The number of carbonyl (C=O) groups excluding carboxylic acids is 2. The van der Waals surface area contributed by atoms with Crippen LogP contribution in [-0.2, 0) is 11.0 Å². The van der Waals surface area contributed by atoms with Crippen molar-refractivity contribution >= 4 is 28.1 Å². The van der Waals surface area contributed by atoms with E-state index in [-0.39, 0.29) is 51.6 Å². The minimum absolute atomic E-state index is 0.0212. The zero-order valence-corrected chi connectivity index (χ0v) is 18.9. The highest BCUT2D eigenvalue weighted by Crippen LogP contribution is 2.52. The first-order valence-electron chi connectivity index (χ1n) is 10.1. The van der Waals surface area contributed by atoms with Gasteiger partial charge in [-0.15, -0.1) is 0 Å². The molecular formula is C23H20F3N3O4S. The van der Waals surface area contributed by atoms with Crippen LogP contribution in [0.2, 0.25) is 0 Å². The number of Topliss-reactive ketones (excluding diaryl/α,β-unsaturated/α-hetero) is 1. The molecule has 11 heteroatoms. The molecule has 4 rings (SSSR count). The van der Waals surface area contributed by atoms with E-state index in [2.05, 4.69) is 0 Å². The summed E-state index contributed by atoms with van der Waals surface area (Å²) in [4.78, 5) is 28.7. The molecule has 2 aromatic carbocycles. The zero-order chi connectivity index (χ0) is 25.0. The molecule has 1 aliphatic carbocycles. The molecule has 2 amide bonds. The third kappa shape index (κ3) is 3.94. The molecule has 178 valence electrons. The summed E-state index contributed by atoms with van der Waals surface area (Å²) in [5.74, 6) is -0.292. The SMILES string of the molecule is CN1C(=O)N(c2cccc(C(F)(F)F)c2)C2=C(C(=O)CC2)[C@H]1c1ccc(C#N)cc1S(C)(O)O. The average Bonchev–Trinajstić information content (AvgIpc) is 3.14. The minimum atomic E-state index is -4.61. The Bertz CT molecular complexity index is 1280. The lowest BCUT2D eigenvalue weighted by Crippen LogP contribution is -2.48. The number of rotatable bonds is 3. The summed E-state index contributed by atoms with van der Waals surface area (Å²) in [6, 6.07) is 8.80. The predicted octanol–water partition coefficient (Wildman–Crippen LogP) is 5.55. The van der Waals surface area contributed by atoms with E-state index in [0.717, 1.165) is 17.0 Å². The highest BCUT2D eigenvalue weighted by atomic mass is 32.3. The Morgan fingerprint density at radius 2 is 1.82 bits per heavy atom. The van der Waals surface area contributed by atoms with Crippen molar-refractivity contribution in [3.8, 4) is 6.07 Å². The number of amides is 2. The highest BCUT2D eigenvalue weighted by molar-refractivity contribution is 8.23. The van der Waals surface area contributed by atoms with Gasteiger partial charge in [0.2, 0.25) is 0 Å². The van der Waals surface area contributed by atoms with Crippen LogP contribution in [0.15, 0.2) is 58.6 Å². The number of carbonyl (C=O) groups is 2. The van der Waals surface area contributed by atoms with E-state index < -0.39 is 34.4 Å². The second-order valence-electron chi connectivity index (χ2n) is 8.16. The van der Waals surface area contributed by atoms with Gasteiger partial charge in [-0.1, -0.05) is 12.1 Å². The van der Waals surface area contributed by atoms with Gasteiger partial charge >= 0.3 is 12.2 Å². The summed E-state index contributed by atoms with van der Waals surface area (Å²) >= 11 is 0. The third-order valence-corrected chi connectivity index (χ3v) is 7.10. The van der Waals surface area contributed by atoms with Gasteiger partial charge in [0.25, 0.3) is 0 Å². The van der Waals surface area contributed by atoms with E-state index in [1.165, 1.54) is 48.5 Å². The van der Waals surface area contributed by atoms with Crippen LogP contribution in [-0.4, -0.2) is 39.1 Å². The maximum atomic E-state index is 13.5. The van der Waals surface area contributed by atoms with Crippen molar-refractivity contribution in [3.05, 3.63) is 70.4 Å². The van der Waals surface area contributed by atoms with Crippen molar-refractivity contribution in [2.24, 2.45) is 0 Å². The van der Waals surface area contributed by atoms with Gasteiger partial charge < -0.3 is 4.90 Å². The molecule has 1 heterocycles. The number of ketones is 1. The molecule has 0 fully saturated rings. The van der Waals surface area contributed by atoms with Crippen LogP contribution < -0.4 is 4.90 Å². The average molecular weight is 491 g/mol. The minimum Gasteiger partial charge on any atom is -0.316 e. The maximum Gasteiger partial charge on any atom is 0.416 e. The lowest BCUT2D eigenvalue weighted by Gasteiger charge is -2.42. The second-order valence-corrected chi connectivity index (χ2v) is 10.3. The molecule has 2 aliphatic rings. The maximum absolute atomic E-state index is 13.5. The summed E-state index contributed by atoms with van der Waals surface area (Å²) in [6.07, 6.45) is -3.22. The van der Waals surface area contributed by atoms with Gasteiger partial charge in [-0.25, -0.2) is 4.79 Å². The second kappa shape index (κ2) is 8.16. The molecule has 0 saturated carbocycles. The Hall–Kier alpha value is -3.33. The van der Waals surface area contributed by atoms with Crippen LogP contribution in [0.25, 0.3) is 0 Å². The molecule has 0 bridgehead atoms. The van der Waals surface area contributed by atoms with Crippen molar-refractivity contribution in [1.29, 1.82) is 5.26 Å². The third-order valence-electron chi connectivity index (χ3n) is 5.91. The number of likely N-dealkylation sites (N-methyl/N-ethyl adjacent to an activating group) is 1. The Balaban J connectivity index is 1.93. The quantitative estimate of drug-likeness (QED) is 0.586. The van der Waals surface area contributed by atoms with Gasteiger partial charge in [-0.2, -0.15) is 29.0 Å². The first-order valence-corrected chi connectivity index (χ1v) is 12.1. The smallest absolute Gasteiger partial charge is 0.316 e. The van der Waals surface area contributed by atoms with Crippen LogP contribution in [0.4, 0.5) is 23.7 Å². The van der Waals surface area contributed by atoms with Crippen molar-refractivity contribution in [3.63, 3.8) is 0 Å². The first kappa shape index (κ1) is 23.8. The number of halogens is 3. The number of hydrogen-bond acceptors (Lipinski definition) is 5. The summed E-state index contributed by atoms with van der Waals surface area (Å²) in [5, 5.41) is 9.24. The van der Waals surface area contributed by atoms with E-state index in [1.807, 2.05) is 6.07 Å². The molecule has 2 N–H and O–H groups in total. The van der Waals surface area contributed by atoms with Crippen molar-refractivity contribution in [1.82, 2.24) is 4.90 Å². The molecule has 0 unspecified atom stereocenters. The number of nitriles is 1. The predicted molar refractivity (Wildman–Crippen MR) is 119 cm³/mol. The van der Waals surface area contributed by atoms with Crippen LogP contribution >= 0.6 is 10.6 Å². The Morgan fingerprint density at radius 3 is 2.44 bits per heavy atom. The molecule has 34 heavy (non-hydrogen) atoms. The number of hydrogen-bond donors (Lipinski definition) is 2. The Labute approximate surface area is 195 Å². The first-order chi connectivity index (χ1) is 15.8. The largest absolute Gasteiger partial charge is 0.416 e. The number of benzene rings is 2. The summed E-state index contributed by atoms with van der Waals surface area (Å²) in [7, 11) is -1.96. The van der Waals surface area contributed by atoms with Crippen LogP contribution in [0, 0.1) is 11.3 Å². The van der Waals surface area contributed by atoms with Crippen LogP contribution in [0.3, 0.4) is 0 Å². The Morgan fingerprint density at radius 1 is 1.12 bits per heavy atom. The standard InChI is InChI=1S/C23H20F3N3O4S/c1-28-21(16-7-6-13(12-27)10-19(16)34(2,32)33)20-17(8-9-18(20)30)29(22(28)31)15-5-3-4-14(11-15)23(24,25)26/h3-7,10-11,21,32-33H,8-9H2,1-2H3/t21-/m1/s1. The topological polar surface area (TPSA) is 105 Å². The zero-order valence-electron chi connectivity index (χ0n) is 18.1. The van der Waals surface area contributed by atoms with E-state index in [4.69, 9.17) is 0 Å². The van der Waals surface area contributed by atoms with E-state index in [9.17, 15) is 37.1 Å². The van der Waals surface area contributed by atoms with Crippen LogP contribution in [0.5, 0.6) is 0 Å². The summed E-state index contributed by atoms with van der Waals surface area (Å²) in [6.45, 7) is 0. The normalized spacial score (nSPS) is 19.4. The molecule has 0 aromatic heterocycles. The molecule has 1 atom stereocenters. The van der Waals surface area contributed by atoms with Gasteiger partial charge in [0.1, 0.15) is 0 Å². The summed E-state index contributed by atoms with van der Waals surface area (Å²) < 4.78 is 60.7. The molecule has 2 aromatic rings. The van der Waals surface area contributed by atoms with Crippen molar-refractivity contribution < 1.29 is 31.9 Å². The van der Waals surface area contributed by atoms with Gasteiger partial charge in [-0.3, -0.25) is 18.8 Å². The molecule has 0 saturated heterocycles. The number of anilines is 1. The molecule has 1 aliphatic heterocycles. The lowest BCUT2D eigenvalue weighted by atomic mass is 9.92. The Kier molecular flexibility index (Phi) is 5.72. The highest BCUT2D eigenvalue weighted by Gasteiger charge is 2.46. The lowest BCUT2D eigenvalue weighted by molar-refractivity contribution is -0.137. The van der Waals surface area contributed by atoms with Gasteiger partial charge in [0.05, 0.1) is 33.8 Å². The monoisotopic (exact) mass is 491 g/mol. The van der Waals surface area contributed by atoms with E-state index >= 15 is 0 Å². The fourth-order valence-corrected chi connectivity index (χ4v) is 5.37. The number of allylic oxidation sites excluding steroid dienone is 1. The van der Waals surface area contributed by atoms with Crippen molar-refractivity contribution in [2.45, 2.75) is 30.0 Å². The van der Waals surface area contributed by atoms with E-state index in [1.54, 1.807) is 0 Å². The van der Waals surface area contributed by atoms with Crippen LogP contribution in [0.1, 0.15) is 35.6 Å². The fraction of sp³-hybridized carbons (Fsp3) is 0.261. The van der Waals surface area contributed by atoms with Crippen molar-refractivity contribution in [2.75, 3.05) is 18.2 Å². The number of nitrogens with zero attached hydrogens (tertiary/aromatic N) is 3. The van der Waals surface area contributed by atoms with E-state index in [0.29, 0.717) is 0 Å². The molecule has 0 spiro atoms. The van der Waals surface area contributed by atoms with Gasteiger partial charge in [0.15, 0.2) is 5.78 Å². The fourth-order valence-electron chi connectivity index (χ4n) is 4.40.